The summed E-state index contributed by atoms with van der Waals surface area (Å²) in [6.45, 7) is 0. The molecule has 136 valence electrons. The molecule has 0 aliphatic heterocycles. The fourth-order valence-corrected chi connectivity index (χ4v) is 3.69. The van der Waals surface area contributed by atoms with E-state index in [1.54, 1.807) is 12.3 Å². The Labute approximate surface area is 151 Å². The number of benzene rings is 2. The summed E-state index contributed by atoms with van der Waals surface area (Å²) in [7, 11) is 0.554. The van der Waals surface area contributed by atoms with Gasteiger partial charge in [0.25, 0.3) is 5.91 Å². The van der Waals surface area contributed by atoms with E-state index in [4.69, 9.17) is 4.74 Å². The summed E-state index contributed by atoms with van der Waals surface area (Å²) >= 11 is 0. The van der Waals surface area contributed by atoms with Gasteiger partial charge in [0.2, 0.25) is 10.0 Å². The second-order valence-corrected chi connectivity index (χ2v) is 7.98. The maximum absolute atomic E-state index is 12.6. The fourth-order valence-electron chi connectivity index (χ4n) is 2.61. The zero-order valence-electron chi connectivity index (χ0n) is 14.6. The topological polar surface area (TPSA) is 91.5 Å². The first kappa shape index (κ1) is 18.0. The standard InChI is InChI=1S/C18H19N3O4S/c1-21(2)26(23,24)17-10-12(8-9-16(17)25-3)20-18(22)14-11-19-15-7-5-4-6-13(14)15/h4-11,19H,1-3H3,(H,20,22). The number of fused-ring (bicyclic) bond motifs is 1. The number of rotatable bonds is 5. The number of carbonyl (C=O) groups is 1. The summed E-state index contributed by atoms with van der Waals surface area (Å²) in [5, 5.41) is 3.53. The van der Waals surface area contributed by atoms with Crippen molar-refractivity contribution >= 4 is 32.5 Å². The third-order valence-corrected chi connectivity index (χ3v) is 5.85. The van der Waals surface area contributed by atoms with Crippen LogP contribution in [0.3, 0.4) is 0 Å². The van der Waals surface area contributed by atoms with Crippen molar-refractivity contribution in [3.63, 3.8) is 0 Å². The summed E-state index contributed by atoms with van der Waals surface area (Å²) in [4.78, 5) is 15.6. The van der Waals surface area contributed by atoms with Crippen LogP contribution in [0.2, 0.25) is 0 Å². The number of sulfonamides is 1. The smallest absolute Gasteiger partial charge is 0.257 e. The van der Waals surface area contributed by atoms with E-state index in [1.165, 1.54) is 33.3 Å². The number of anilines is 1. The summed E-state index contributed by atoms with van der Waals surface area (Å²) < 4.78 is 31.2. The van der Waals surface area contributed by atoms with Crippen LogP contribution in [0.1, 0.15) is 10.4 Å². The Morgan fingerprint density at radius 1 is 1.15 bits per heavy atom. The zero-order chi connectivity index (χ0) is 18.9. The van der Waals surface area contributed by atoms with Crippen LogP contribution in [-0.4, -0.2) is 44.8 Å². The Balaban J connectivity index is 1.97. The molecule has 0 unspecified atom stereocenters. The molecule has 2 N–H and O–H groups in total. The highest BCUT2D eigenvalue weighted by Gasteiger charge is 2.23. The maximum atomic E-state index is 12.6. The van der Waals surface area contributed by atoms with Crippen LogP contribution >= 0.6 is 0 Å². The summed E-state index contributed by atoms with van der Waals surface area (Å²) in [5.74, 6) is -0.121. The van der Waals surface area contributed by atoms with Gasteiger partial charge in [-0.05, 0) is 24.3 Å². The third-order valence-electron chi connectivity index (χ3n) is 4.01. The molecule has 0 saturated carbocycles. The van der Waals surface area contributed by atoms with E-state index >= 15 is 0 Å². The molecule has 0 aliphatic carbocycles. The molecule has 1 amide bonds. The van der Waals surface area contributed by atoms with Crippen molar-refractivity contribution in [3.05, 3.63) is 54.2 Å². The number of nitrogens with zero attached hydrogens (tertiary/aromatic N) is 1. The number of aromatic amines is 1. The monoisotopic (exact) mass is 373 g/mol. The van der Waals surface area contributed by atoms with Crippen LogP contribution in [0, 0.1) is 0 Å². The van der Waals surface area contributed by atoms with Crippen molar-refractivity contribution in [2.45, 2.75) is 4.90 Å². The van der Waals surface area contributed by atoms with E-state index in [0.29, 0.717) is 11.3 Å². The Kier molecular flexibility index (Phi) is 4.71. The lowest BCUT2D eigenvalue weighted by atomic mass is 10.1. The molecule has 3 aromatic rings. The SMILES string of the molecule is COc1ccc(NC(=O)c2c[nH]c3ccccc23)cc1S(=O)(=O)N(C)C. The fraction of sp³-hybridized carbons (Fsp3) is 0.167. The first-order chi connectivity index (χ1) is 12.3. The average molecular weight is 373 g/mol. The van der Waals surface area contributed by atoms with E-state index in [2.05, 4.69) is 10.3 Å². The van der Waals surface area contributed by atoms with Gasteiger partial charge in [-0.3, -0.25) is 4.79 Å². The van der Waals surface area contributed by atoms with Crippen molar-refractivity contribution < 1.29 is 17.9 Å². The molecule has 0 radical (unpaired) electrons. The lowest BCUT2D eigenvalue weighted by molar-refractivity contribution is 0.102. The molecule has 1 aromatic heterocycles. The number of ether oxygens (including phenoxy) is 1. The predicted molar refractivity (Wildman–Crippen MR) is 100 cm³/mol. The minimum Gasteiger partial charge on any atom is -0.495 e. The molecule has 26 heavy (non-hydrogen) atoms. The van der Waals surface area contributed by atoms with E-state index in [9.17, 15) is 13.2 Å². The first-order valence-electron chi connectivity index (χ1n) is 7.82. The van der Waals surface area contributed by atoms with E-state index in [0.717, 1.165) is 15.2 Å². The van der Waals surface area contributed by atoms with Gasteiger partial charge in [0, 0.05) is 36.9 Å². The summed E-state index contributed by atoms with van der Waals surface area (Å²) in [6, 6.07) is 11.9. The molecule has 3 rings (SSSR count). The Hall–Kier alpha value is -2.84. The predicted octanol–water partition coefficient (Wildman–Crippen LogP) is 2.68. The second-order valence-electron chi connectivity index (χ2n) is 5.86. The highest BCUT2D eigenvalue weighted by atomic mass is 32.2. The number of hydrogen-bond donors (Lipinski definition) is 2. The van der Waals surface area contributed by atoms with Gasteiger partial charge in [0.05, 0.1) is 12.7 Å². The average Bonchev–Trinajstić information content (AvgIpc) is 3.05. The molecular weight excluding hydrogens is 354 g/mol. The second kappa shape index (κ2) is 6.81. The van der Waals surface area contributed by atoms with Crippen molar-refractivity contribution in [1.82, 2.24) is 9.29 Å². The van der Waals surface area contributed by atoms with Gasteiger partial charge in [-0.2, -0.15) is 0 Å². The number of H-pyrrole nitrogens is 1. The molecule has 0 spiro atoms. The van der Waals surface area contributed by atoms with Crippen molar-refractivity contribution in [2.24, 2.45) is 0 Å². The highest BCUT2D eigenvalue weighted by molar-refractivity contribution is 7.89. The van der Waals surface area contributed by atoms with Gasteiger partial charge < -0.3 is 15.0 Å². The minimum absolute atomic E-state index is 0.0123. The van der Waals surface area contributed by atoms with Crippen LogP contribution < -0.4 is 10.1 Å². The first-order valence-corrected chi connectivity index (χ1v) is 9.26. The van der Waals surface area contributed by atoms with Crippen LogP contribution in [0.15, 0.2) is 53.6 Å². The molecule has 0 saturated heterocycles. The number of carbonyl (C=O) groups excluding carboxylic acids is 1. The number of nitrogens with one attached hydrogen (secondary N) is 2. The van der Waals surface area contributed by atoms with Gasteiger partial charge in [-0.1, -0.05) is 18.2 Å². The zero-order valence-corrected chi connectivity index (χ0v) is 15.4. The number of para-hydroxylation sites is 1. The van der Waals surface area contributed by atoms with Gasteiger partial charge in [0.1, 0.15) is 10.6 Å². The Morgan fingerprint density at radius 3 is 2.58 bits per heavy atom. The molecule has 0 fully saturated rings. The minimum atomic E-state index is -3.72. The van der Waals surface area contributed by atoms with E-state index in [1.807, 2.05) is 24.3 Å². The Bertz CT molecular complexity index is 1070. The van der Waals surface area contributed by atoms with Crippen molar-refractivity contribution in [3.8, 4) is 5.75 Å². The maximum Gasteiger partial charge on any atom is 0.257 e. The van der Waals surface area contributed by atoms with Gasteiger partial charge in [-0.15, -0.1) is 0 Å². The molecule has 0 bridgehead atoms. The van der Waals surface area contributed by atoms with Crippen LogP contribution in [0.25, 0.3) is 10.9 Å². The number of aromatic nitrogens is 1. The molecular formula is C18H19N3O4S. The van der Waals surface area contributed by atoms with Gasteiger partial charge in [0.15, 0.2) is 0 Å². The van der Waals surface area contributed by atoms with Crippen molar-refractivity contribution in [2.75, 3.05) is 26.5 Å². The molecule has 7 nitrogen and oxygen atoms in total. The van der Waals surface area contributed by atoms with E-state index in [-0.39, 0.29) is 16.6 Å². The molecule has 2 aromatic carbocycles. The highest BCUT2D eigenvalue weighted by Crippen LogP contribution is 2.29. The molecule has 0 atom stereocenters. The molecule has 1 heterocycles. The largest absolute Gasteiger partial charge is 0.495 e. The van der Waals surface area contributed by atoms with Crippen LogP contribution in [-0.2, 0) is 10.0 Å². The van der Waals surface area contributed by atoms with Crippen LogP contribution in [0.5, 0.6) is 5.75 Å². The van der Waals surface area contributed by atoms with Gasteiger partial charge in [-0.25, -0.2) is 12.7 Å². The Morgan fingerprint density at radius 2 is 1.88 bits per heavy atom. The summed E-state index contributed by atoms with van der Waals surface area (Å²) in [5.41, 5.74) is 1.69. The molecule has 8 heteroatoms. The van der Waals surface area contributed by atoms with Gasteiger partial charge >= 0.3 is 0 Å². The van der Waals surface area contributed by atoms with E-state index < -0.39 is 10.0 Å². The van der Waals surface area contributed by atoms with Crippen LogP contribution in [0.4, 0.5) is 5.69 Å². The number of amides is 1. The molecule has 0 aliphatic rings. The number of hydrogen-bond acceptors (Lipinski definition) is 4. The lowest BCUT2D eigenvalue weighted by Crippen LogP contribution is -2.23. The normalized spacial score (nSPS) is 11.7. The van der Waals surface area contributed by atoms with Crippen molar-refractivity contribution in [1.29, 1.82) is 0 Å². The lowest BCUT2D eigenvalue weighted by Gasteiger charge is -2.15. The summed E-state index contributed by atoms with van der Waals surface area (Å²) in [6.07, 6.45) is 1.63. The number of methoxy groups -OCH3 is 1. The third kappa shape index (κ3) is 3.16. The quantitative estimate of drug-likeness (QED) is 0.719.